The summed E-state index contributed by atoms with van der Waals surface area (Å²) in [5, 5.41) is 9.93. The molecule has 1 aliphatic rings. The Morgan fingerprint density at radius 1 is 1.37 bits per heavy atom. The highest BCUT2D eigenvalue weighted by atomic mass is 35.5. The number of rotatable bonds is 4. The number of hydrogen-bond acceptors (Lipinski definition) is 3. The first kappa shape index (κ1) is 14.0. The van der Waals surface area contributed by atoms with E-state index in [0.717, 1.165) is 49.4 Å². The first-order chi connectivity index (χ1) is 9.22. The minimum atomic E-state index is 0.532. The molecule has 1 saturated heterocycles. The Kier molecular flexibility index (Phi) is 4.55. The molecule has 1 aromatic carbocycles. The van der Waals surface area contributed by atoms with Gasteiger partial charge >= 0.3 is 0 Å². The lowest BCUT2D eigenvalue weighted by atomic mass is 10.0. The summed E-state index contributed by atoms with van der Waals surface area (Å²) in [7, 11) is 0. The molecule has 0 N–H and O–H groups in total. The van der Waals surface area contributed by atoms with Crippen LogP contribution in [0.4, 0.5) is 5.69 Å². The van der Waals surface area contributed by atoms with Crippen LogP contribution >= 0.6 is 11.6 Å². The molecule has 1 aliphatic heterocycles. The van der Waals surface area contributed by atoms with Crippen molar-refractivity contribution in [2.75, 3.05) is 24.6 Å². The Hall–Kier alpha value is -1.40. The Morgan fingerprint density at radius 3 is 2.58 bits per heavy atom. The first-order valence-corrected chi connectivity index (χ1v) is 7.23. The minimum Gasteiger partial charge on any atom is -0.491 e. The highest BCUT2D eigenvalue weighted by Crippen LogP contribution is 2.41. The summed E-state index contributed by atoms with van der Waals surface area (Å²) in [6, 6.07) is 4.10. The van der Waals surface area contributed by atoms with Crippen molar-refractivity contribution in [2.24, 2.45) is 0 Å². The lowest BCUT2D eigenvalue weighted by molar-refractivity contribution is 0.337. The quantitative estimate of drug-likeness (QED) is 0.841. The summed E-state index contributed by atoms with van der Waals surface area (Å²) in [5.74, 6) is 0.841. The molecule has 19 heavy (non-hydrogen) atoms. The molecule has 0 unspecified atom stereocenters. The van der Waals surface area contributed by atoms with Crippen LogP contribution in [0.3, 0.4) is 0 Å². The lowest BCUT2D eigenvalue weighted by Crippen LogP contribution is -2.21. The summed E-state index contributed by atoms with van der Waals surface area (Å²) >= 11 is 6.26. The molecule has 1 fully saturated rings. The van der Waals surface area contributed by atoms with Crippen molar-refractivity contribution in [3.8, 4) is 11.8 Å². The summed E-state index contributed by atoms with van der Waals surface area (Å²) < 4.78 is 5.82. The Bertz CT molecular complexity index is 502. The number of anilines is 1. The molecule has 1 heterocycles. The molecule has 4 heteroatoms. The molecule has 0 atom stereocenters. The van der Waals surface area contributed by atoms with E-state index in [4.69, 9.17) is 16.3 Å². The zero-order valence-corrected chi connectivity index (χ0v) is 12.3. The fraction of sp³-hybridized carbons (Fsp3) is 0.533. The predicted molar refractivity (Wildman–Crippen MR) is 78.2 cm³/mol. The van der Waals surface area contributed by atoms with E-state index in [2.05, 4.69) is 17.9 Å². The molecule has 0 amide bonds. The van der Waals surface area contributed by atoms with Gasteiger partial charge in [-0.1, -0.05) is 18.5 Å². The number of halogens is 1. The Labute approximate surface area is 119 Å². The van der Waals surface area contributed by atoms with Gasteiger partial charge in [-0.25, -0.2) is 0 Å². The van der Waals surface area contributed by atoms with Crippen molar-refractivity contribution in [3.05, 3.63) is 22.2 Å². The van der Waals surface area contributed by atoms with Crippen molar-refractivity contribution in [3.63, 3.8) is 0 Å². The lowest BCUT2D eigenvalue weighted by Gasteiger charge is -2.25. The number of benzene rings is 1. The van der Waals surface area contributed by atoms with Crippen LogP contribution in [0.2, 0.25) is 5.02 Å². The topological polar surface area (TPSA) is 36.3 Å². The average molecular weight is 279 g/mol. The summed E-state index contributed by atoms with van der Waals surface area (Å²) in [6.07, 6.45) is 3.16. The second-order valence-corrected chi connectivity index (χ2v) is 5.07. The van der Waals surface area contributed by atoms with E-state index < -0.39 is 0 Å². The van der Waals surface area contributed by atoms with Crippen LogP contribution in [0.1, 0.15) is 37.8 Å². The molecule has 0 aliphatic carbocycles. The van der Waals surface area contributed by atoms with Crippen molar-refractivity contribution >= 4 is 17.3 Å². The summed E-state index contributed by atoms with van der Waals surface area (Å²) in [6.45, 7) is 6.58. The molecule has 0 aromatic heterocycles. The third kappa shape index (κ3) is 2.64. The molecule has 3 nitrogen and oxygen atoms in total. The van der Waals surface area contributed by atoms with E-state index in [1.807, 2.05) is 13.0 Å². The molecule has 0 bridgehead atoms. The largest absolute Gasteiger partial charge is 0.491 e. The minimum absolute atomic E-state index is 0.532. The molecule has 0 radical (unpaired) electrons. The zero-order valence-electron chi connectivity index (χ0n) is 11.5. The summed E-state index contributed by atoms with van der Waals surface area (Å²) in [5.41, 5.74) is 2.52. The van der Waals surface area contributed by atoms with E-state index in [0.29, 0.717) is 17.2 Å². The number of nitriles is 1. The zero-order chi connectivity index (χ0) is 13.8. The van der Waals surface area contributed by atoms with Crippen LogP contribution < -0.4 is 9.64 Å². The Balaban J connectivity index is 2.62. The fourth-order valence-corrected chi connectivity index (χ4v) is 2.85. The van der Waals surface area contributed by atoms with E-state index >= 15 is 0 Å². The molecule has 0 spiro atoms. The number of nitrogens with zero attached hydrogens (tertiary/aromatic N) is 2. The monoisotopic (exact) mass is 278 g/mol. The third-order valence-corrected chi connectivity index (χ3v) is 3.79. The highest BCUT2D eigenvalue weighted by Gasteiger charge is 2.24. The normalized spacial score (nSPS) is 14.5. The van der Waals surface area contributed by atoms with Crippen molar-refractivity contribution < 1.29 is 4.74 Å². The van der Waals surface area contributed by atoms with E-state index in [1.165, 1.54) is 0 Å². The SMILES string of the molecule is CCOc1c(CC)cc(Cl)c(C#N)c1N1CCCC1. The van der Waals surface area contributed by atoms with Crippen LogP contribution in [0, 0.1) is 11.3 Å². The maximum Gasteiger partial charge on any atom is 0.147 e. The van der Waals surface area contributed by atoms with E-state index in [1.54, 1.807) is 0 Å². The van der Waals surface area contributed by atoms with E-state index in [9.17, 15) is 5.26 Å². The van der Waals surface area contributed by atoms with Crippen LogP contribution in [-0.2, 0) is 6.42 Å². The maximum atomic E-state index is 9.40. The number of ether oxygens (including phenoxy) is 1. The van der Waals surface area contributed by atoms with Gasteiger partial charge in [0, 0.05) is 13.1 Å². The average Bonchev–Trinajstić information content (AvgIpc) is 2.93. The molecular formula is C15H19ClN2O. The van der Waals surface area contributed by atoms with Crippen LogP contribution in [-0.4, -0.2) is 19.7 Å². The van der Waals surface area contributed by atoms with Gasteiger partial charge in [-0.15, -0.1) is 0 Å². The Morgan fingerprint density at radius 2 is 2.05 bits per heavy atom. The van der Waals surface area contributed by atoms with Crippen molar-refractivity contribution in [1.82, 2.24) is 0 Å². The second kappa shape index (κ2) is 6.16. The van der Waals surface area contributed by atoms with Gasteiger partial charge in [0.15, 0.2) is 0 Å². The first-order valence-electron chi connectivity index (χ1n) is 6.86. The van der Waals surface area contributed by atoms with Gasteiger partial charge in [0.2, 0.25) is 0 Å². The molecule has 0 saturated carbocycles. The summed E-state index contributed by atoms with van der Waals surface area (Å²) in [4.78, 5) is 2.23. The van der Waals surface area contributed by atoms with Gasteiger partial charge < -0.3 is 9.64 Å². The van der Waals surface area contributed by atoms with Crippen LogP contribution in [0.25, 0.3) is 0 Å². The van der Waals surface area contributed by atoms with Gasteiger partial charge in [0.1, 0.15) is 11.8 Å². The van der Waals surface area contributed by atoms with Gasteiger partial charge in [0.05, 0.1) is 22.9 Å². The highest BCUT2D eigenvalue weighted by molar-refractivity contribution is 6.32. The van der Waals surface area contributed by atoms with Crippen LogP contribution in [0.15, 0.2) is 6.07 Å². The standard InChI is InChI=1S/C15H19ClN2O/c1-3-11-9-13(16)12(10-17)14(15(11)19-4-2)18-7-5-6-8-18/h9H,3-8H2,1-2H3. The number of hydrogen-bond donors (Lipinski definition) is 0. The van der Waals surface area contributed by atoms with Crippen molar-refractivity contribution in [1.29, 1.82) is 5.26 Å². The van der Waals surface area contributed by atoms with E-state index in [-0.39, 0.29) is 0 Å². The van der Waals surface area contributed by atoms with Crippen molar-refractivity contribution in [2.45, 2.75) is 33.1 Å². The van der Waals surface area contributed by atoms with Gasteiger partial charge in [-0.2, -0.15) is 5.26 Å². The predicted octanol–water partition coefficient (Wildman–Crippen LogP) is 3.77. The molecule has 1 aromatic rings. The molecule has 2 rings (SSSR count). The molecular weight excluding hydrogens is 260 g/mol. The second-order valence-electron chi connectivity index (χ2n) is 4.66. The maximum absolute atomic E-state index is 9.40. The molecule has 102 valence electrons. The smallest absolute Gasteiger partial charge is 0.147 e. The number of aryl methyl sites for hydroxylation is 1. The van der Waals surface area contributed by atoms with Gasteiger partial charge in [-0.3, -0.25) is 0 Å². The third-order valence-electron chi connectivity index (χ3n) is 3.49. The van der Waals surface area contributed by atoms with Gasteiger partial charge in [-0.05, 0) is 37.8 Å². The fourth-order valence-electron chi connectivity index (χ4n) is 2.59. The van der Waals surface area contributed by atoms with Crippen LogP contribution in [0.5, 0.6) is 5.75 Å². The van der Waals surface area contributed by atoms with Gasteiger partial charge in [0.25, 0.3) is 0 Å².